The zero-order valence-corrected chi connectivity index (χ0v) is 38.7. The highest BCUT2D eigenvalue weighted by Crippen LogP contribution is 2.42. The van der Waals surface area contributed by atoms with E-state index in [1.54, 1.807) is 6.07 Å². The van der Waals surface area contributed by atoms with E-state index in [1.165, 1.54) is 12.1 Å². The number of aromatic carboxylic acids is 1. The lowest BCUT2D eigenvalue weighted by Gasteiger charge is -2.35. The molecule has 0 radical (unpaired) electrons. The van der Waals surface area contributed by atoms with Crippen molar-refractivity contribution in [3.8, 4) is 16.9 Å². The van der Waals surface area contributed by atoms with E-state index in [9.17, 15) is 28.7 Å². The van der Waals surface area contributed by atoms with Crippen molar-refractivity contribution in [3.05, 3.63) is 118 Å². The van der Waals surface area contributed by atoms with Crippen LogP contribution in [0.5, 0.6) is 5.75 Å². The van der Waals surface area contributed by atoms with Crippen LogP contribution in [0.25, 0.3) is 43.7 Å². The van der Waals surface area contributed by atoms with Gasteiger partial charge in [0.1, 0.15) is 17.3 Å². The predicted octanol–water partition coefficient (Wildman–Crippen LogP) is 7.95. The van der Waals surface area contributed by atoms with Gasteiger partial charge in [0.05, 0.1) is 40.8 Å². The average molecular weight is 927 g/mol. The summed E-state index contributed by atoms with van der Waals surface area (Å²) in [5, 5.41) is 25.0. The van der Waals surface area contributed by atoms with Gasteiger partial charge in [0.2, 0.25) is 17.7 Å². The number of carboxylic acid groups (broad SMARTS) is 1. The SMILES string of the molecule is Cc1nc2cc(NCC(=O)N3CCN(CCn4c(C(=O)O)c(CCCOc5cccc6cc(F)ccc56)c5ccc(Cl)c(-c6c(C)nn(C)c6C)c54)CC3)ccc2cc1C1CCC(=O)NC1=O. The Balaban J connectivity index is 0.887. The number of aryl methyl sites for hydroxylation is 4. The number of nitrogens with zero attached hydrogens (tertiary/aromatic N) is 6. The summed E-state index contributed by atoms with van der Waals surface area (Å²) in [6.45, 7) is 9.36. The molecule has 0 saturated carbocycles. The second-order valence-electron chi connectivity index (χ2n) is 17.5. The van der Waals surface area contributed by atoms with Crippen LogP contribution in [0, 0.1) is 26.6 Å². The van der Waals surface area contributed by atoms with Crippen LogP contribution in [-0.2, 0) is 34.4 Å². The van der Waals surface area contributed by atoms with Crippen LogP contribution in [0.1, 0.15) is 63.9 Å². The van der Waals surface area contributed by atoms with Gasteiger partial charge in [-0.15, -0.1) is 0 Å². The number of hydrogen-bond donors (Lipinski definition) is 3. The number of amides is 3. The van der Waals surface area contributed by atoms with E-state index in [-0.39, 0.29) is 35.8 Å². The Bertz CT molecular complexity index is 3120. The monoisotopic (exact) mass is 926 g/mol. The number of nitrogens with one attached hydrogen (secondary N) is 2. The lowest BCUT2D eigenvalue weighted by molar-refractivity contribution is -0.134. The quantitative estimate of drug-likeness (QED) is 0.0721. The Labute approximate surface area is 391 Å². The first-order valence-corrected chi connectivity index (χ1v) is 23.0. The summed E-state index contributed by atoms with van der Waals surface area (Å²) in [5.74, 6) is -1.74. The third-order valence-electron chi connectivity index (χ3n) is 13.3. The molecule has 4 aromatic carbocycles. The van der Waals surface area contributed by atoms with E-state index in [0.29, 0.717) is 87.9 Å². The predicted molar refractivity (Wildman–Crippen MR) is 256 cm³/mol. The van der Waals surface area contributed by atoms with E-state index in [4.69, 9.17) is 21.3 Å². The fourth-order valence-corrected chi connectivity index (χ4v) is 10.1. The van der Waals surface area contributed by atoms with Gasteiger partial charge >= 0.3 is 5.97 Å². The molecule has 0 aliphatic carbocycles. The van der Waals surface area contributed by atoms with Crippen LogP contribution < -0.4 is 15.4 Å². The number of carbonyl (C=O) groups excluding carboxylic acids is 3. The van der Waals surface area contributed by atoms with Crippen LogP contribution in [0.2, 0.25) is 5.02 Å². The molecule has 9 rings (SSSR count). The van der Waals surface area contributed by atoms with Gasteiger partial charge < -0.3 is 24.6 Å². The van der Waals surface area contributed by atoms with Crippen LogP contribution >= 0.6 is 11.6 Å². The zero-order valence-electron chi connectivity index (χ0n) is 37.9. The number of rotatable bonds is 14. The van der Waals surface area contributed by atoms with E-state index in [1.807, 2.05) is 96.6 Å². The maximum atomic E-state index is 13.9. The highest BCUT2D eigenvalue weighted by Gasteiger charge is 2.31. The number of pyridine rings is 1. The van der Waals surface area contributed by atoms with Gasteiger partial charge in [-0.25, -0.2) is 9.18 Å². The van der Waals surface area contributed by atoms with Crippen molar-refractivity contribution in [1.29, 1.82) is 0 Å². The molecule has 2 aliphatic rings. The molecule has 0 spiro atoms. The molecule has 2 saturated heterocycles. The summed E-state index contributed by atoms with van der Waals surface area (Å²) in [5.41, 5.74) is 7.95. The largest absolute Gasteiger partial charge is 0.493 e. The summed E-state index contributed by atoms with van der Waals surface area (Å²) in [4.78, 5) is 60.0. The molecular formula is C51H52ClFN8O6. The number of carbonyl (C=O) groups is 4. The topological polar surface area (TPSA) is 164 Å². The third kappa shape index (κ3) is 9.05. The van der Waals surface area contributed by atoms with Crippen LogP contribution in [0.4, 0.5) is 10.1 Å². The van der Waals surface area contributed by atoms with Crippen molar-refractivity contribution in [1.82, 2.24) is 34.4 Å². The first-order chi connectivity index (χ1) is 32.2. The molecule has 1 atom stereocenters. The van der Waals surface area contributed by atoms with Gasteiger partial charge in [-0.1, -0.05) is 35.9 Å². The van der Waals surface area contributed by atoms with Gasteiger partial charge in [0, 0.05) is 97.1 Å². The number of aromatic nitrogens is 4. The van der Waals surface area contributed by atoms with E-state index in [0.717, 1.165) is 72.0 Å². The summed E-state index contributed by atoms with van der Waals surface area (Å²) in [6, 6.07) is 21.5. The molecule has 2 fully saturated rings. The summed E-state index contributed by atoms with van der Waals surface area (Å²) < 4.78 is 23.9. The number of carboxylic acids is 1. The first kappa shape index (κ1) is 45.3. The van der Waals surface area contributed by atoms with Crippen LogP contribution in [0.15, 0.2) is 72.8 Å². The number of piperidine rings is 1. The summed E-state index contributed by atoms with van der Waals surface area (Å²) in [6.07, 6.45) is 1.69. The Morgan fingerprint density at radius 3 is 2.46 bits per heavy atom. The second-order valence-corrected chi connectivity index (χ2v) is 17.9. The molecule has 2 aliphatic heterocycles. The first-order valence-electron chi connectivity index (χ1n) is 22.6. The lowest BCUT2D eigenvalue weighted by Crippen LogP contribution is -2.50. The number of ether oxygens (including phenoxy) is 1. The van der Waals surface area contributed by atoms with E-state index < -0.39 is 11.9 Å². The van der Waals surface area contributed by atoms with Gasteiger partial charge in [-0.3, -0.25) is 34.3 Å². The molecule has 0 bridgehead atoms. The Morgan fingerprint density at radius 1 is 0.925 bits per heavy atom. The van der Waals surface area contributed by atoms with Crippen molar-refractivity contribution >= 4 is 73.6 Å². The van der Waals surface area contributed by atoms with Crippen molar-refractivity contribution in [2.75, 3.05) is 51.2 Å². The number of imide groups is 1. The average Bonchev–Trinajstić information content (AvgIpc) is 3.76. The Kier molecular flexibility index (Phi) is 12.7. The molecule has 14 nitrogen and oxygen atoms in total. The minimum absolute atomic E-state index is 0.0360. The highest BCUT2D eigenvalue weighted by atomic mass is 35.5. The lowest BCUT2D eigenvalue weighted by atomic mass is 9.89. The molecule has 3 N–H and O–H groups in total. The molecular weight excluding hydrogens is 875 g/mol. The van der Waals surface area contributed by atoms with Gasteiger partial charge in [-0.2, -0.15) is 5.10 Å². The Hall–Kier alpha value is -6.84. The second kappa shape index (κ2) is 18.8. The van der Waals surface area contributed by atoms with Crippen LogP contribution in [0.3, 0.4) is 0 Å². The van der Waals surface area contributed by atoms with Crippen molar-refractivity contribution in [2.45, 2.75) is 58.9 Å². The standard InChI is InChI=1S/C51H52ClFN8O6/c1-29-40(39-15-17-44(62)56-50(39)64)26-33-10-12-35(27-42(33)55-29)54-28-45(63)60-21-18-59(19-22-60)20-23-61-48-38(14-16-41(52)47(48)46-30(2)57-58(4)31(46)3)37(49(61)51(65)66)8-6-24-67-43-9-5-7-32-25-34(53)11-13-36(32)43/h5,7,9-14,16,25-27,39,54H,6,8,15,17-24,28H2,1-4H3,(H,65,66)(H,56,62,64). The fraction of sp³-hybridized carbons (Fsp3) is 0.333. The molecule has 7 aromatic rings. The van der Waals surface area contributed by atoms with Gasteiger partial charge in [0.15, 0.2) is 0 Å². The summed E-state index contributed by atoms with van der Waals surface area (Å²) >= 11 is 7.07. The number of hydrogen-bond acceptors (Lipinski definition) is 9. The van der Waals surface area contributed by atoms with E-state index in [2.05, 4.69) is 20.6 Å². The van der Waals surface area contributed by atoms with Crippen LogP contribution in [-0.4, -0.2) is 104 Å². The number of piperazine rings is 1. The minimum atomic E-state index is -1.04. The number of benzene rings is 4. The number of anilines is 1. The zero-order chi connectivity index (χ0) is 47.1. The van der Waals surface area contributed by atoms with Gasteiger partial charge in [-0.05, 0) is 105 Å². The molecule has 67 heavy (non-hydrogen) atoms. The number of halogens is 2. The number of fused-ring (bicyclic) bond motifs is 3. The maximum Gasteiger partial charge on any atom is 0.352 e. The minimum Gasteiger partial charge on any atom is -0.493 e. The van der Waals surface area contributed by atoms with Gasteiger partial charge in [0.25, 0.3) is 0 Å². The smallest absolute Gasteiger partial charge is 0.352 e. The highest BCUT2D eigenvalue weighted by molar-refractivity contribution is 6.35. The molecule has 1 unspecified atom stereocenters. The normalized spacial score (nSPS) is 15.7. The molecule has 16 heteroatoms. The van der Waals surface area contributed by atoms with Crippen molar-refractivity contribution in [2.24, 2.45) is 7.05 Å². The Morgan fingerprint density at radius 2 is 1.72 bits per heavy atom. The van der Waals surface area contributed by atoms with Crippen molar-refractivity contribution in [3.63, 3.8) is 0 Å². The maximum absolute atomic E-state index is 13.9. The molecule has 346 valence electrons. The molecule has 5 heterocycles. The van der Waals surface area contributed by atoms with E-state index >= 15 is 0 Å². The third-order valence-corrected chi connectivity index (χ3v) is 13.7. The summed E-state index contributed by atoms with van der Waals surface area (Å²) in [7, 11) is 1.88. The molecule has 3 amide bonds. The molecule has 3 aromatic heterocycles. The fourth-order valence-electron chi connectivity index (χ4n) is 9.85. The van der Waals surface area contributed by atoms with Crippen molar-refractivity contribution < 1.29 is 33.4 Å².